The number of fused-ring (bicyclic) bond motifs is 3. The molecule has 1 N–H and O–H groups in total. The van der Waals surface area contributed by atoms with Crippen molar-refractivity contribution >= 4 is 17.3 Å². The van der Waals surface area contributed by atoms with Gasteiger partial charge in [0.15, 0.2) is 0 Å². The van der Waals surface area contributed by atoms with E-state index < -0.39 is 4.92 Å². The summed E-state index contributed by atoms with van der Waals surface area (Å²) >= 11 is 0. The number of hydrogen-bond donors (Lipinski definition) is 1. The van der Waals surface area contributed by atoms with Crippen molar-refractivity contribution in [3.8, 4) is 0 Å². The molecule has 2 aliphatic heterocycles. The van der Waals surface area contributed by atoms with E-state index in [0.717, 1.165) is 29.9 Å². The van der Waals surface area contributed by atoms with E-state index in [1.165, 1.54) is 18.2 Å². The molecule has 1 fully saturated rings. The van der Waals surface area contributed by atoms with Gasteiger partial charge in [0.25, 0.3) is 5.69 Å². The summed E-state index contributed by atoms with van der Waals surface area (Å²) < 4.78 is 13.2. The predicted molar refractivity (Wildman–Crippen MR) is 112 cm³/mol. The number of amides is 1. The Bertz CT molecular complexity index is 950. The van der Waals surface area contributed by atoms with Gasteiger partial charge in [-0.3, -0.25) is 19.8 Å². The van der Waals surface area contributed by atoms with Crippen LogP contribution < -0.4 is 10.2 Å². The zero-order chi connectivity index (χ0) is 21.3. The molecule has 0 radical (unpaired) electrons. The van der Waals surface area contributed by atoms with Gasteiger partial charge in [0.05, 0.1) is 16.9 Å². The Balaban J connectivity index is 1.60. The monoisotopic (exact) mass is 412 g/mol. The second-order valence-corrected chi connectivity index (χ2v) is 7.90. The number of nitrogens with zero attached hydrogens (tertiary/aromatic N) is 3. The second-order valence-electron chi connectivity index (χ2n) is 7.90. The zero-order valence-electron chi connectivity index (χ0n) is 16.9. The SMILES string of the molecule is CCNC(=O)[C@H]1Cc2cc([N+](=O)[O-])ccc2N2CCN(Cc3ccc(F)cc3)C[C@@H]12. The molecule has 158 valence electrons. The normalized spacial score (nSPS) is 20.9. The number of non-ortho nitro benzene ring substituents is 1. The summed E-state index contributed by atoms with van der Waals surface area (Å²) in [5.41, 5.74) is 2.92. The molecule has 2 atom stereocenters. The van der Waals surface area contributed by atoms with Crippen molar-refractivity contribution in [2.45, 2.75) is 25.9 Å². The van der Waals surface area contributed by atoms with E-state index >= 15 is 0 Å². The summed E-state index contributed by atoms with van der Waals surface area (Å²) in [6.07, 6.45) is 0.481. The molecule has 0 aliphatic carbocycles. The fourth-order valence-corrected chi connectivity index (χ4v) is 4.58. The topological polar surface area (TPSA) is 78.7 Å². The summed E-state index contributed by atoms with van der Waals surface area (Å²) in [4.78, 5) is 28.2. The molecule has 7 nitrogen and oxygen atoms in total. The first kappa shape index (κ1) is 20.3. The standard InChI is InChI=1S/C22H25FN4O3/c1-2-24-22(28)19-12-16-11-18(27(29)30)7-8-20(16)26-10-9-25(14-21(19)26)13-15-3-5-17(23)6-4-15/h3-8,11,19,21H,2,9-10,12-14H2,1H3,(H,24,28)/t19-,21-/m0/s1. The third kappa shape index (κ3) is 4.00. The number of halogens is 1. The zero-order valence-corrected chi connectivity index (χ0v) is 16.9. The van der Waals surface area contributed by atoms with Crippen molar-refractivity contribution < 1.29 is 14.1 Å². The summed E-state index contributed by atoms with van der Waals surface area (Å²) in [5, 5.41) is 14.1. The van der Waals surface area contributed by atoms with Crippen LogP contribution in [0.1, 0.15) is 18.1 Å². The van der Waals surface area contributed by atoms with Crippen molar-refractivity contribution in [3.63, 3.8) is 0 Å². The molecule has 0 unspecified atom stereocenters. The minimum Gasteiger partial charge on any atom is -0.365 e. The van der Waals surface area contributed by atoms with Crippen LogP contribution in [-0.2, 0) is 17.8 Å². The third-order valence-electron chi connectivity index (χ3n) is 6.00. The molecule has 0 saturated carbocycles. The lowest BCUT2D eigenvalue weighted by atomic mass is 9.83. The van der Waals surface area contributed by atoms with Crippen molar-refractivity contribution in [3.05, 3.63) is 69.5 Å². The van der Waals surface area contributed by atoms with E-state index in [1.807, 2.05) is 13.0 Å². The first-order chi connectivity index (χ1) is 14.5. The van der Waals surface area contributed by atoms with Gasteiger partial charge >= 0.3 is 0 Å². The highest BCUT2D eigenvalue weighted by molar-refractivity contribution is 5.82. The van der Waals surface area contributed by atoms with Crippen molar-refractivity contribution in [1.29, 1.82) is 0 Å². The molecule has 0 spiro atoms. The van der Waals surface area contributed by atoms with Crippen LogP contribution in [0.15, 0.2) is 42.5 Å². The molecule has 1 amide bonds. The van der Waals surface area contributed by atoms with Crippen LogP contribution in [0.25, 0.3) is 0 Å². The van der Waals surface area contributed by atoms with Crippen molar-refractivity contribution in [2.24, 2.45) is 5.92 Å². The lowest BCUT2D eigenvalue weighted by Crippen LogP contribution is -2.60. The number of nitrogens with one attached hydrogen (secondary N) is 1. The maximum absolute atomic E-state index is 13.2. The Morgan fingerprint density at radius 1 is 1.23 bits per heavy atom. The van der Waals surface area contributed by atoms with E-state index in [0.29, 0.717) is 26.1 Å². The van der Waals surface area contributed by atoms with Crippen LogP contribution in [0.2, 0.25) is 0 Å². The van der Waals surface area contributed by atoms with Gasteiger partial charge in [0.2, 0.25) is 5.91 Å². The van der Waals surface area contributed by atoms with Crippen LogP contribution in [-0.4, -0.2) is 48.0 Å². The average Bonchev–Trinajstić information content (AvgIpc) is 2.74. The third-order valence-corrected chi connectivity index (χ3v) is 6.00. The highest BCUT2D eigenvalue weighted by atomic mass is 19.1. The number of carbonyl (C=O) groups is 1. The van der Waals surface area contributed by atoms with Gasteiger partial charge < -0.3 is 10.2 Å². The Labute approximate surface area is 174 Å². The maximum atomic E-state index is 13.2. The average molecular weight is 412 g/mol. The molecule has 2 aliphatic rings. The van der Waals surface area contributed by atoms with Gasteiger partial charge in [-0.2, -0.15) is 0 Å². The first-order valence-corrected chi connectivity index (χ1v) is 10.2. The number of piperazine rings is 1. The van der Waals surface area contributed by atoms with Gasteiger partial charge in [-0.05, 0) is 42.7 Å². The van der Waals surface area contributed by atoms with E-state index in [1.54, 1.807) is 18.2 Å². The van der Waals surface area contributed by atoms with Gasteiger partial charge in [0.1, 0.15) is 5.82 Å². The van der Waals surface area contributed by atoms with Gasteiger partial charge in [0, 0.05) is 50.5 Å². The minimum absolute atomic E-state index is 0.0142. The molecular weight excluding hydrogens is 387 g/mol. The lowest BCUT2D eigenvalue weighted by molar-refractivity contribution is -0.384. The number of anilines is 1. The van der Waals surface area contributed by atoms with E-state index in [2.05, 4.69) is 15.1 Å². The molecule has 4 rings (SSSR count). The number of nitro groups is 1. The maximum Gasteiger partial charge on any atom is 0.269 e. The fourth-order valence-electron chi connectivity index (χ4n) is 4.58. The predicted octanol–water partition coefficient (Wildman–Crippen LogP) is 2.73. The van der Waals surface area contributed by atoms with Crippen LogP contribution in [0.4, 0.5) is 15.8 Å². The van der Waals surface area contributed by atoms with E-state index in [-0.39, 0.29) is 29.4 Å². The molecular formula is C22H25FN4O3. The summed E-state index contributed by atoms with van der Waals surface area (Å²) in [6.45, 7) is 5.36. The molecule has 2 aromatic rings. The molecule has 0 bridgehead atoms. The minimum atomic E-state index is -0.395. The Morgan fingerprint density at radius 3 is 2.70 bits per heavy atom. The smallest absolute Gasteiger partial charge is 0.269 e. The van der Waals surface area contributed by atoms with Crippen molar-refractivity contribution in [1.82, 2.24) is 10.2 Å². The number of hydrogen-bond acceptors (Lipinski definition) is 5. The largest absolute Gasteiger partial charge is 0.365 e. The lowest BCUT2D eigenvalue weighted by Gasteiger charge is -2.49. The van der Waals surface area contributed by atoms with Gasteiger partial charge in [-0.25, -0.2) is 4.39 Å². The first-order valence-electron chi connectivity index (χ1n) is 10.2. The molecule has 1 saturated heterocycles. The molecule has 2 heterocycles. The summed E-state index contributed by atoms with van der Waals surface area (Å²) in [5.74, 6) is -0.554. The van der Waals surface area contributed by atoms with Crippen molar-refractivity contribution in [2.75, 3.05) is 31.1 Å². The number of rotatable bonds is 5. The van der Waals surface area contributed by atoms with Gasteiger partial charge in [-0.15, -0.1) is 0 Å². The second kappa shape index (κ2) is 8.39. The highest BCUT2D eigenvalue weighted by Crippen LogP contribution is 2.38. The van der Waals surface area contributed by atoms with E-state index in [9.17, 15) is 19.3 Å². The van der Waals surface area contributed by atoms with Gasteiger partial charge in [-0.1, -0.05) is 12.1 Å². The number of carbonyl (C=O) groups excluding carboxylic acids is 1. The van der Waals surface area contributed by atoms with Crippen LogP contribution >= 0.6 is 0 Å². The van der Waals surface area contributed by atoms with Crippen LogP contribution in [0.3, 0.4) is 0 Å². The molecule has 2 aromatic carbocycles. The quantitative estimate of drug-likeness (QED) is 0.604. The fraction of sp³-hybridized carbons (Fsp3) is 0.409. The Kier molecular flexibility index (Phi) is 5.67. The molecule has 0 aromatic heterocycles. The Morgan fingerprint density at radius 2 is 2.00 bits per heavy atom. The molecule has 30 heavy (non-hydrogen) atoms. The van der Waals surface area contributed by atoms with E-state index in [4.69, 9.17) is 0 Å². The van der Waals surface area contributed by atoms with Crippen LogP contribution in [0, 0.1) is 21.8 Å². The summed E-state index contributed by atoms with van der Waals surface area (Å²) in [6, 6.07) is 11.4. The Hall–Kier alpha value is -3.00. The number of nitro benzene ring substituents is 1. The summed E-state index contributed by atoms with van der Waals surface area (Å²) in [7, 11) is 0. The highest BCUT2D eigenvalue weighted by Gasteiger charge is 2.41. The molecule has 8 heteroatoms. The number of benzene rings is 2. The van der Waals surface area contributed by atoms with Crippen LogP contribution in [0.5, 0.6) is 0 Å².